The number of aryl methyl sites for hydroxylation is 1. The predicted molar refractivity (Wildman–Crippen MR) is 90.8 cm³/mol. The number of rotatable bonds is 6. The molecule has 0 spiro atoms. The maximum Gasteiger partial charge on any atom is 0.235 e. The van der Waals surface area contributed by atoms with Crippen molar-refractivity contribution in [2.75, 3.05) is 0 Å². The zero-order valence-corrected chi connectivity index (χ0v) is 14.4. The first-order valence-corrected chi connectivity index (χ1v) is 7.97. The summed E-state index contributed by atoms with van der Waals surface area (Å²) in [6.45, 7) is 9.20. The van der Waals surface area contributed by atoms with Gasteiger partial charge in [-0.15, -0.1) is 0 Å². The largest absolute Gasteiger partial charge is 0.355 e. The van der Waals surface area contributed by atoms with Crippen molar-refractivity contribution in [3.63, 3.8) is 0 Å². The average molecular weight is 313 g/mol. The number of Topliss-reactive ketones (excluding diaryl/α,β-unsaturated/α-hetero) is 2. The predicted octanol–water partition coefficient (Wildman–Crippen LogP) is 2.73. The topological polar surface area (TPSA) is 66.5 Å². The van der Waals surface area contributed by atoms with E-state index in [1.54, 1.807) is 0 Å². The lowest BCUT2D eigenvalue weighted by atomic mass is 10.0. The molecule has 2 aromatic rings. The Kier molecular flexibility index (Phi) is 5.16. The van der Waals surface area contributed by atoms with Gasteiger partial charge in [0.2, 0.25) is 5.78 Å². The first-order valence-electron chi connectivity index (χ1n) is 7.97. The molecular formula is C19H25N2O2+. The highest BCUT2D eigenvalue weighted by molar-refractivity contribution is 6.04. The molecule has 1 aromatic carbocycles. The minimum atomic E-state index is -0.221. The van der Waals surface area contributed by atoms with Crippen LogP contribution in [-0.2, 0) is 0 Å². The Morgan fingerprint density at radius 1 is 1.09 bits per heavy atom. The number of quaternary nitrogens is 1. The molecule has 4 heteroatoms. The van der Waals surface area contributed by atoms with Gasteiger partial charge in [-0.25, -0.2) is 0 Å². The van der Waals surface area contributed by atoms with Gasteiger partial charge >= 0.3 is 0 Å². The van der Waals surface area contributed by atoms with Crippen LogP contribution in [0.25, 0.3) is 0 Å². The summed E-state index contributed by atoms with van der Waals surface area (Å²) in [4.78, 5) is 27.6. The van der Waals surface area contributed by atoms with Gasteiger partial charge in [0.05, 0.1) is 5.69 Å². The highest BCUT2D eigenvalue weighted by atomic mass is 16.1. The van der Waals surface area contributed by atoms with E-state index in [0.717, 1.165) is 11.3 Å². The average Bonchev–Trinajstić information content (AvgIpc) is 2.82. The molecule has 0 unspecified atom stereocenters. The Balaban J connectivity index is 2.17. The Morgan fingerprint density at radius 3 is 2.22 bits per heavy atom. The Morgan fingerprint density at radius 2 is 1.70 bits per heavy atom. The van der Waals surface area contributed by atoms with E-state index in [4.69, 9.17) is 0 Å². The van der Waals surface area contributed by atoms with Crippen molar-refractivity contribution in [3.05, 3.63) is 58.4 Å². The molecule has 0 aliphatic rings. The van der Waals surface area contributed by atoms with Crippen molar-refractivity contribution >= 4 is 11.6 Å². The van der Waals surface area contributed by atoms with E-state index >= 15 is 0 Å². The van der Waals surface area contributed by atoms with Gasteiger partial charge in [0, 0.05) is 16.8 Å². The summed E-state index contributed by atoms with van der Waals surface area (Å²) >= 11 is 0. The first-order chi connectivity index (χ1) is 10.8. The van der Waals surface area contributed by atoms with E-state index in [2.05, 4.69) is 29.4 Å². The van der Waals surface area contributed by atoms with Crippen LogP contribution in [0.5, 0.6) is 0 Å². The van der Waals surface area contributed by atoms with Gasteiger partial charge in [-0.3, -0.25) is 9.59 Å². The summed E-state index contributed by atoms with van der Waals surface area (Å²) in [6.07, 6.45) is 0. The van der Waals surface area contributed by atoms with E-state index in [0.29, 0.717) is 11.3 Å². The number of ketones is 2. The van der Waals surface area contributed by atoms with Gasteiger partial charge in [0.1, 0.15) is 12.1 Å². The number of carbonyl (C=O) groups excluding carboxylic acids is 2. The minimum Gasteiger partial charge on any atom is -0.355 e. The smallest absolute Gasteiger partial charge is 0.235 e. The minimum absolute atomic E-state index is 0.00964. The SMILES string of the molecule is CC(=O)c1c(C)[nH]c(C(=O)[C@@H](C)[NH2+][C@@H](C)c2ccccc2)c1C. The Hall–Kier alpha value is -2.20. The molecule has 0 amide bonds. The summed E-state index contributed by atoms with van der Waals surface area (Å²) in [5, 5.41) is 2.06. The van der Waals surface area contributed by atoms with Crippen LogP contribution in [0.4, 0.5) is 0 Å². The molecule has 122 valence electrons. The highest BCUT2D eigenvalue weighted by Gasteiger charge is 2.27. The number of aromatic nitrogens is 1. The molecule has 2 atom stereocenters. The Bertz CT molecular complexity index is 716. The van der Waals surface area contributed by atoms with Crippen LogP contribution in [0.3, 0.4) is 0 Å². The molecule has 1 heterocycles. The fourth-order valence-corrected chi connectivity index (χ4v) is 3.14. The number of nitrogens with two attached hydrogens (primary N) is 1. The van der Waals surface area contributed by atoms with E-state index < -0.39 is 0 Å². The standard InChI is InChI=1S/C19H24N2O2/c1-11-17(15(5)22)13(3)21-18(11)19(23)14(4)20-12(2)16-9-7-6-8-10-16/h6-10,12,14,20-21H,1-5H3/p+1/t12-,14+/m0/s1. The van der Waals surface area contributed by atoms with Gasteiger partial charge < -0.3 is 10.3 Å². The molecule has 4 nitrogen and oxygen atoms in total. The van der Waals surface area contributed by atoms with Crippen LogP contribution in [0.15, 0.2) is 30.3 Å². The van der Waals surface area contributed by atoms with Crippen molar-refractivity contribution in [1.29, 1.82) is 0 Å². The number of hydrogen-bond donors (Lipinski definition) is 2. The summed E-state index contributed by atoms with van der Waals surface area (Å²) in [7, 11) is 0. The molecule has 2 rings (SSSR count). The summed E-state index contributed by atoms with van der Waals surface area (Å²) in [5.74, 6) is 0.0190. The number of nitrogens with one attached hydrogen (secondary N) is 1. The second-order valence-electron chi connectivity index (χ2n) is 6.23. The van der Waals surface area contributed by atoms with E-state index in [-0.39, 0.29) is 23.7 Å². The van der Waals surface area contributed by atoms with Crippen molar-refractivity contribution in [2.24, 2.45) is 0 Å². The summed E-state index contributed by atoms with van der Waals surface area (Å²) < 4.78 is 0. The van der Waals surface area contributed by atoms with Crippen molar-refractivity contribution < 1.29 is 14.9 Å². The van der Waals surface area contributed by atoms with Crippen LogP contribution in [0, 0.1) is 13.8 Å². The van der Waals surface area contributed by atoms with Crippen molar-refractivity contribution in [3.8, 4) is 0 Å². The molecule has 0 aliphatic heterocycles. The number of H-pyrrole nitrogens is 1. The molecule has 0 saturated heterocycles. The van der Waals surface area contributed by atoms with E-state index in [1.807, 2.05) is 39.0 Å². The van der Waals surface area contributed by atoms with E-state index in [9.17, 15) is 9.59 Å². The third kappa shape index (κ3) is 3.59. The van der Waals surface area contributed by atoms with Gasteiger partial charge in [-0.1, -0.05) is 30.3 Å². The molecule has 0 radical (unpaired) electrons. The molecule has 0 saturated carbocycles. The fourth-order valence-electron chi connectivity index (χ4n) is 3.14. The van der Waals surface area contributed by atoms with Crippen molar-refractivity contribution in [2.45, 2.75) is 46.7 Å². The summed E-state index contributed by atoms with van der Waals surface area (Å²) in [6, 6.07) is 10.1. The quantitative estimate of drug-likeness (QED) is 0.805. The van der Waals surface area contributed by atoms with Gasteiger partial charge in [0.15, 0.2) is 5.78 Å². The van der Waals surface area contributed by atoms with Crippen molar-refractivity contribution in [1.82, 2.24) is 4.98 Å². The lowest BCUT2D eigenvalue weighted by Gasteiger charge is -2.16. The lowest BCUT2D eigenvalue weighted by molar-refractivity contribution is -0.709. The second kappa shape index (κ2) is 6.92. The van der Waals surface area contributed by atoms with Gasteiger partial charge in [-0.2, -0.15) is 0 Å². The third-order valence-electron chi connectivity index (χ3n) is 4.35. The molecule has 23 heavy (non-hydrogen) atoms. The maximum absolute atomic E-state index is 12.7. The zero-order chi connectivity index (χ0) is 17.1. The molecule has 1 aromatic heterocycles. The number of carbonyl (C=O) groups is 2. The normalized spacial score (nSPS) is 13.6. The van der Waals surface area contributed by atoms with Gasteiger partial charge in [0.25, 0.3) is 0 Å². The van der Waals surface area contributed by atoms with Crippen LogP contribution in [0.2, 0.25) is 0 Å². The monoisotopic (exact) mass is 313 g/mol. The molecule has 0 fully saturated rings. The van der Waals surface area contributed by atoms with Crippen LogP contribution in [0.1, 0.15) is 64.5 Å². The molecule has 3 N–H and O–H groups in total. The number of aromatic amines is 1. The number of hydrogen-bond acceptors (Lipinski definition) is 2. The second-order valence-corrected chi connectivity index (χ2v) is 6.23. The third-order valence-corrected chi connectivity index (χ3v) is 4.35. The summed E-state index contributed by atoms with van der Waals surface area (Å²) in [5.41, 5.74) is 3.90. The molecule has 0 aliphatic carbocycles. The molecular weight excluding hydrogens is 288 g/mol. The van der Waals surface area contributed by atoms with Crippen LogP contribution >= 0.6 is 0 Å². The maximum atomic E-state index is 12.7. The first kappa shape index (κ1) is 17.2. The zero-order valence-electron chi connectivity index (χ0n) is 14.4. The highest BCUT2D eigenvalue weighted by Crippen LogP contribution is 2.19. The lowest BCUT2D eigenvalue weighted by Crippen LogP contribution is -2.91. The van der Waals surface area contributed by atoms with Gasteiger partial charge in [-0.05, 0) is 40.2 Å². The van der Waals surface area contributed by atoms with Crippen LogP contribution < -0.4 is 5.32 Å². The molecule has 0 bridgehead atoms. The number of benzene rings is 1. The Labute approximate surface area is 137 Å². The fraction of sp³-hybridized carbons (Fsp3) is 0.368. The van der Waals surface area contributed by atoms with Crippen LogP contribution in [-0.4, -0.2) is 22.6 Å². The van der Waals surface area contributed by atoms with E-state index in [1.165, 1.54) is 12.5 Å².